The van der Waals surface area contributed by atoms with Gasteiger partial charge in [0, 0.05) is 5.57 Å². The van der Waals surface area contributed by atoms with Crippen LogP contribution in [0, 0.1) is 25.2 Å². The lowest BCUT2D eigenvalue weighted by atomic mass is 10.1. The van der Waals surface area contributed by atoms with Crippen LogP contribution in [0.25, 0.3) is 6.08 Å². The van der Waals surface area contributed by atoms with Crippen LogP contribution in [-0.4, -0.2) is 0 Å². The minimum atomic E-state index is 0.739. The molecule has 0 atom stereocenters. The highest BCUT2D eigenvalue weighted by atomic mass is 14.2. The molecule has 66 valence electrons. The molecule has 0 aliphatic rings. The Morgan fingerprint density at radius 1 is 1.31 bits per heavy atom. The fourth-order valence-corrected chi connectivity index (χ4v) is 1.14. The molecule has 13 heavy (non-hydrogen) atoms. The summed E-state index contributed by atoms with van der Waals surface area (Å²) in [6.45, 7) is 5.98. The average molecular weight is 171 g/mol. The first-order valence-electron chi connectivity index (χ1n) is 4.29. The molecule has 0 aromatic heterocycles. The summed E-state index contributed by atoms with van der Waals surface area (Å²) >= 11 is 0. The van der Waals surface area contributed by atoms with E-state index in [0.717, 1.165) is 11.1 Å². The molecule has 1 aromatic carbocycles. The molecular formula is C12H13N. The lowest BCUT2D eigenvalue weighted by molar-refractivity contribution is 1.33. The summed E-state index contributed by atoms with van der Waals surface area (Å²) in [5.41, 5.74) is 4.39. The van der Waals surface area contributed by atoms with Crippen molar-refractivity contribution in [2.75, 3.05) is 0 Å². The summed E-state index contributed by atoms with van der Waals surface area (Å²) in [6, 6.07) is 8.31. The number of nitriles is 1. The standard InChI is InChI=1S/C12H13N/c1-9(8-13)6-12-5-4-10(2)11(3)7-12/h4-7H,1-3H3/b9-6-. The van der Waals surface area contributed by atoms with Crippen LogP contribution >= 0.6 is 0 Å². The van der Waals surface area contributed by atoms with E-state index < -0.39 is 0 Å². The van der Waals surface area contributed by atoms with E-state index in [4.69, 9.17) is 5.26 Å². The predicted molar refractivity (Wildman–Crippen MR) is 55.2 cm³/mol. The van der Waals surface area contributed by atoms with Gasteiger partial charge in [-0.2, -0.15) is 5.26 Å². The largest absolute Gasteiger partial charge is 0.193 e. The third-order valence-electron chi connectivity index (χ3n) is 2.09. The Kier molecular flexibility index (Phi) is 2.87. The summed E-state index contributed by atoms with van der Waals surface area (Å²) < 4.78 is 0. The van der Waals surface area contributed by atoms with E-state index in [9.17, 15) is 0 Å². The van der Waals surface area contributed by atoms with Gasteiger partial charge < -0.3 is 0 Å². The highest BCUT2D eigenvalue weighted by molar-refractivity contribution is 5.57. The van der Waals surface area contributed by atoms with Crippen molar-refractivity contribution in [3.05, 3.63) is 40.5 Å². The Bertz CT molecular complexity index is 381. The molecule has 0 aliphatic heterocycles. The number of allylic oxidation sites excluding steroid dienone is 1. The molecule has 0 radical (unpaired) electrons. The molecule has 0 fully saturated rings. The summed E-state index contributed by atoms with van der Waals surface area (Å²) in [6.07, 6.45) is 1.90. The Morgan fingerprint density at radius 3 is 2.54 bits per heavy atom. The maximum atomic E-state index is 8.60. The SMILES string of the molecule is C/C(C#N)=C/c1ccc(C)c(C)c1. The van der Waals surface area contributed by atoms with E-state index in [2.05, 4.69) is 32.0 Å². The number of aryl methyl sites for hydroxylation is 2. The second-order valence-corrected chi connectivity index (χ2v) is 3.28. The fourth-order valence-electron chi connectivity index (χ4n) is 1.14. The van der Waals surface area contributed by atoms with Crippen molar-refractivity contribution < 1.29 is 0 Å². The van der Waals surface area contributed by atoms with E-state index in [1.54, 1.807) is 0 Å². The molecule has 1 nitrogen and oxygen atoms in total. The first-order chi connectivity index (χ1) is 6.13. The smallest absolute Gasteiger partial charge is 0.0944 e. The summed E-state index contributed by atoms with van der Waals surface area (Å²) in [7, 11) is 0. The van der Waals surface area contributed by atoms with Crippen LogP contribution < -0.4 is 0 Å². The topological polar surface area (TPSA) is 23.8 Å². The monoisotopic (exact) mass is 171 g/mol. The van der Waals surface area contributed by atoms with Gasteiger partial charge in [-0.05, 0) is 43.5 Å². The minimum absolute atomic E-state index is 0.739. The number of benzene rings is 1. The second kappa shape index (κ2) is 3.91. The molecule has 0 N–H and O–H groups in total. The number of rotatable bonds is 1. The maximum absolute atomic E-state index is 8.60. The molecule has 0 spiro atoms. The molecule has 0 aliphatic carbocycles. The molecule has 0 heterocycles. The Labute approximate surface area is 79.3 Å². The first-order valence-corrected chi connectivity index (χ1v) is 4.29. The highest BCUT2D eigenvalue weighted by Gasteiger charge is 1.93. The minimum Gasteiger partial charge on any atom is -0.193 e. The van der Waals surface area contributed by atoms with Crippen LogP contribution in [0.3, 0.4) is 0 Å². The second-order valence-electron chi connectivity index (χ2n) is 3.28. The third kappa shape index (κ3) is 2.45. The van der Waals surface area contributed by atoms with Gasteiger partial charge in [0.1, 0.15) is 0 Å². The molecule has 0 amide bonds. The maximum Gasteiger partial charge on any atom is 0.0944 e. The quantitative estimate of drug-likeness (QED) is 0.595. The molecule has 1 aromatic rings. The van der Waals surface area contributed by atoms with Crippen LogP contribution in [-0.2, 0) is 0 Å². The zero-order valence-corrected chi connectivity index (χ0v) is 8.26. The molecule has 0 saturated carbocycles. The molecule has 1 rings (SSSR count). The zero-order chi connectivity index (χ0) is 9.84. The highest BCUT2D eigenvalue weighted by Crippen LogP contribution is 2.12. The van der Waals surface area contributed by atoms with Gasteiger partial charge in [-0.3, -0.25) is 0 Å². The van der Waals surface area contributed by atoms with Crippen LogP contribution in [0.4, 0.5) is 0 Å². The third-order valence-corrected chi connectivity index (χ3v) is 2.09. The van der Waals surface area contributed by atoms with Gasteiger partial charge in [0.2, 0.25) is 0 Å². The summed E-state index contributed by atoms with van der Waals surface area (Å²) in [4.78, 5) is 0. The van der Waals surface area contributed by atoms with Gasteiger partial charge in [-0.15, -0.1) is 0 Å². The van der Waals surface area contributed by atoms with Crippen molar-refractivity contribution in [3.8, 4) is 6.07 Å². The normalized spacial score (nSPS) is 11.1. The first kappa shape index (κ1) is 9.54. The van der Waals surface area contributed by atoms with Crippen LogP contribution in [0.1, 0.15) is 23.6 Å². The van der Waals surface area contributed by atoms with Crippen molar-refractivity contribution >= 4 is 6.08 Å². The Hall–Kier alpha value is -1.55. The van der Waals surface area contributed by atoms with E-state index >= 15 is 0 Å². The van der Waals surface area contributed by atoms with Crippen molar-refractivity contribution in [3.63, 3.8) is 0 Å². The predicted octanol–water partition coefficient (Wildman–Crippen LogP) is 3.23. The van der Waals surface area contributed by atoms with Crippen LogP contribution in [0.2, 0.25) is 0 Å². The fraction of sp³-hybridized carbons (Fsp3) is 0.250. The number of nitrogens with zero attached hydrogens (tertiary/aromatic N) is 1. The molecule has 0 bridgehead atoms. The van der Waals surface area contributed by atoms with Gasteiger partial charge in [-0.25, -0.2) is 0 Å². The number of hydrogen-bond donors (Lipinski definition) is 0. The van der Waals surface area contributed by atoms with E-state index in [1.165, 1.54) is 11.1 Å². The summed E-state index contributed by atoms with van der Waals surface area (Å²) in [5.74, 6) is 0. The van der Waals surface area contributed by atoms with Gasteiger partial charge in [-0.1, -0.05) is 18.2 Å². The van der Waals surface area contributed by atoms with Crippen molar-refractivity contribution in [1.29, 1.82) is 5.26 Å². The number of hydrogen-bond acceptors (Lipinski definition) is 1. The Morgan fingerprint density at radius 2 is 2.00 bits per heavy atom. The van der Waals surface area contributed by atoms with Gasteiger partial charge in [0.15, 0.2) is 0 Å². The molecule has 0 unspecified atom stereocenters. The zero-order valence-electron chi connectivity index (χ0n) is 8.26. The average Bonchev–Trinajstić information content (AvgIpc) is 2.11. The van der Waals surface area contributed by atoms with Gasteiger partial charge in [0.05, 0.1) is 6.07 Å². The van der Waals surface area contributed by atoms with Crippen molar-refractivity contribution in [2.45, 2.75) is 20.8 Å². The van der Waals surface area contributed by atoms with Crippen molar-refractivity contribution in [1.82, 2.24) is 0 Å². The van der Waals surface area contributed by atoms with Gasteiger partial charge >= 0.3 is 0 Å². The van der Waals surface area contributed by atoms with Crippen LogP contribution in [0.5, 0.6) is 0 Å². The molecular weight excluding hydrogens is 158 g/mol. The van der Waals surface area contributed by atoms with Crippen molar-refractivity contribution in [2.24, 2.45) is 0 Å². The Balaban J connectivity index is 3.07. The molecule has 1 heteroatoms. The van der Waals surface area contributed by atoms with E-state index in [0.29, 0.717) is 0 Å². The van der Waals surface area contributed by atoms with E-state index in [1.807, 2.05) is 19.1 Å². The lowest BCUT2D eigenvalue weighted by Gasteiger charge is -2.00. The van der Waals surface area contributed by atoms with E-state index in [-0.39, 0.29) is 0 Å². The summed E-state index contributed by atoms with van der Waals surface area (Å²) in [5, 5.41) is 8.60. The van der Waals surface area contributed by atoms with Gasteiger partial charge in [0.25, 0.3) is 0 Å². The van der Waals surface area contributed by atoms with Crippen LogP contribution in [0.15, 0.2) is 23.8 Å². The lowest BCUT2D eigenvalue weighted by Crippen LogP contribution is -1.82. The molecule has 0 saturated heterocycles.